The normalized spacial score (nSPS) is 29.3. The Morgan fingerprint density at radius 3 is 2.47 bits per heavy atom. The van der Waals surface area contributed by atoms with Crippen molar-refractivity contribution in [3.63, 3.8) is 0 Å². The third kappa shape index (κ3) is 3.30. The topological polar surface area (TPSA) is 0 Å². The first-order valence-electron chi connectivity index (χ1n) is 6.15. The monoisotopic (exact) mass is 290 g/mol. The number of rotatable bonds is 2. The second-order valence-corrected chi connectivity index (χ2v) is 6.47. The van der Waals surface area contributed by atoms with Crippen LogP contribution in [0.1, 0.15) is 31.7 Å². The van der Waals surface area contributed by atoms with Gasteiger partial charge in [0.25, 0.3) is 0 Å². The van der Waals surface area contributed by atoms with Crippen LogP contribution in [-0.4, -0.2) is 5.38 Å². The lowest BCUT2D eigenvalue weighted by Gasteiger charge is -2.31. The average Bonchev–Trinajstić information content (AvgIpc) is 2.28. The van der Waals surface area contributed by atoms with Crippen molar-refractivity contribution in [1.29, 1.82) is 0 Å². The van der Waals surface area contributed by atoms with Gasteiger partial charge < -0.3 is 0 Å². The van der Waals surface area contributed by atoms with Crippen LogP contribution in [0, 0.1) is 11.8 Å². The highest BCUT2D eigenvalue weighted by atomic mass is 35.5. The minimum atomic E-state index is 0.263. The summed E-state index contributed by atoms with van der Waals surface area (Å²) < 4.78 is 0. The largest absolute Gasteiger partial charge is 0.123 e. The van der Waals surface area contributed by atoms with E-state index in [4.69, 9.17) is 34.8 Å². The summed E-state index contributed by atoms with van der Waals surface area (Å²) >= 11 is 18.8. The van der Waals surface area contributed by atoms with Crippen molar-refractivity contribution < 1.29 is 0 Å². The molecule has 0 heterocycles. The van der Waals surface area contributed by atoms with Crippen LogP contribution in [0.3, 0.4) is 0 Å². The van der Waals surface area contributed by atoms with Crippen LogP contribution in [0.15, 0.2) is 18.2 Å². The molecule has 0 N–H and O–H groups in total. The van der Waals surface area contributed by atoms with Crippen molar-refractivity contribution >= 4 is 34.8 Å². The van der Waals surface area contributed by atoms with Crippen LogP contribution in [0.25, 0.3) is 0 Å². The standard InChI is InChI=1S/C14H17Cl3/c1-9-5-6-12(15)10(7-9)8-11-13(16)3-2-4-14(11)17/h2-4,9-10,12H,5-8H2,1H3. The Labute approximate surface area is 118 Å². The molecule has 0 nitrogen and oxygen atoms in total. The SMILES string of the molecule is CC1CCC(Cl)C(Cc2c(Cl)cccc2Cl)C1. The molecule has 1 aromatic carbocycles. The summed E-state index contributed by atoms with van der Waals surface area (Å²) in [5.74, 6) is 1.26. The highest BCUT2D eigenvalue weighted by molar-refractivity contribution is 6.36. The Hall–Kier alpha value is 0.0900. The van der Waals surface area contributed by atoms with Crippen LogP contribution < -0.4 is 0 Å². The van der Waals surface area contributed by atoms with Crippen LogP contribution in [-0.2, 0) is 6.42 Å². The molecule has 0 bridgehead atoms. The number of halogens is 3. The summed E-state index contributed by atoms with van der Waals surface area (Å²) in [6.07, 6.45) is 4.42. The van der Waals surface area contributed by atoms with E-state index >= 15 is 0 Å². The van der Waals surface area contributed by atoms with Gasteiger partial charge in [-0.25, -0.2) is 0 Å². The molecule has 1 aromatic rings. The van der Waals surface area contributed by atoms with Gasteiger partial charge in [-0.1, -0.05) is 36.2 Å². The molecule has 0 radical (unpaired) electrons. The predicted molar refractivity (Wildman–Crippen MR) is 76.3 cm³/mol. The van der Waals surface area contributed by atoms with Crippen LogP contribution >= 0.6 is 34.8 Å². The van der Waals surface area contributed by atoms with Gasteiger partial charge >= 0.3 is 0 Å². The average molecular weight is 292 g/mol. The van der Waals surface area contributed by atoms with E-state index in [1.165, 1.54) is 12.8 Å². The molecule has 1 aliphatic carbocycles. The fraction of sp³-hybridized carbons (Fsp3) is 0.571. The van der Waals surface area contributed by atoms with E-state index in [2.05, 4.69) is 6.92 Å². The van der Waals surface area contributed by atoms with E-state index in [9.17, 15) is 0 Å². The number of hydrogen-bond acceptors (Lipinski definition) is 0. The quantitative estimate of drug-likeness (QED) is 0.624. The van der Waals surface area contributed by atoms with Gasteiger partial charge in [-0.05, 0) is 55.2 Å². The predicted octanol–water partition coefficient (Wildman–Crippen LogP) is 5.58. The lowest BCUT2D eigenvalue weighted by molar-refractivity contribution is 0.287. The van der Waals surface area contributed by atoms with Crippen molar-refractivity contribution in [3.05, 3.63) is 33.8 Å². The van der Waals surface area contributed by atoms with Crippen molar-refractivity contribution in [2.24, 2.45) is 11.8 Å². The summed E-state index contributed by atoms with van der Waals surface area (Å²) in [6, 6.07) is 5.69. The van der Waals surface area contributed by atoms with Crippen LogP contribution in [0.5, 0.6) is 0 Å². The van der Waals surface area contributed by atoms with Crippen molar-refractivity contribution in [1.82, 2.24) is 0 Å². The summed E-state index contributed by atoms with van der Waals surface area (Å²) in [7, 11) is 0. The van der Waals surface area contributed by atoms with Gasteiger partial charge in [-0.2, -0.15) is 0 Å². The first-order valence-corrected chi connectivity index (χ1v) is 7.34. The van der Waals surface area contributed by atoms with Crippen molar-refractivity contribution in [3.8, 4) is 0 Å². The molecule has 0 saturated heterocycles. The second-order valence-electron chi connectivity index (χ2n) is 5.10. The Kier molecular flexibility index (Phi) is 4.63. The van der Waals surface area contributed by atoms with Crippen molar-refractivity contribution in [2.45, 2.75) is 38.0 Å². The zero-order valence-corrected chi connectivity index (χ0v) is 12.2. The van der Waals surface area contributed by atoms with E-state index < -0.39 is 0 Å². The number of hydrogen-bond donors (Lipinski definition) is 0. The molecular formula is C14H17Cl3. The molecular weight excluding hydrogens is 275 g/mol. The van der Waals surface area contributed by atoms with E-state index in [-0.39, 0.29) is 5.38 Å². The third-order valence-electron chi connectivity index (χ3n) is 3.68. The van der Waals surface area contributed by atoms with E-state index in [0.717, 1.165) is 34.4 Å². The smallest absolute Gasteiger partial charge is 0.0452 e. The van der Waals surface area contributed by atoms with Crippen LogP contribution in [0.2, 0.25) is 10.0 Å². The maximum Gasteiger partial charge on any atom is 0.0452 e. The van der Waals surface area contributed by atoms with E-state index in [1.807, 2.05) is 18.2 Å². The van der Waals surface area contributed by atoms with Gasteiger partial charge in [0.1, 0.15) is 0 Å². The lowest BCUT2D eigenvalue weighted by atomic mass is 9.79. The molecule has 3 heteroatoms. The number of benzene rings is 1. The first kappa shape index (κ1) is 13.5. The van der Waals surface area contributed by atoms with Gasteiger partial charge in [0.15, 0.2) is 0 Å². The second kappa shape index (κ2) is 5.82. The fourth-order valence-corrected chi connectivity index (χ4v) is 3.53. The van der Waals surface area contributed by atoms with Crippen LogP contribution in [0.4, 0.5) is 0 Å². The molecule has 1 aliphatic rings. The summed E-state index contributed by atoms with van der Waals surface area (Å²) in [4.78, 5) is 0. The maximum atomic E-state index is 6.42. The molecule has 0 amide bonds. The summed E-state index contributed by atoms with van der Waals surface area (Å²) in [5, 5.41) is 1.79. The molecule has 1 fully saturated rings. The third-order valence-corrected chi connectivity index (χ3v) is 4.96. The summed E-state index contributed by atoms with van der Waals surface area (Å²) in [6.45, 7) is 2.30. The Balaban J connectivity index is 2.14. The molecule has 2 rings (SSSR count). The maximum absolute atomic E-state index is 6.42. The number of alkyl halides is 1. The highest BCUT2D eigenvalue weighted by Crippen LogP contribution is 2.37. The minimum Gasteiger partial charge on any atom is -0.123 e. The minimum absolute atomic E-state index is 0.263. The van der Waals surface area contributed by atoms with Gasteiger partial charge in [0.2, 0.25) is 0 Å². The zero-order valence-electron chi connectivity index (χ0n) is 9.93. The van der Waals surface area contributed by atoms with Gasteiger partial charge in [0.05, 0.1) is 0 Å². The van der Waals surface area contributed by atoms with Gasteiger partial charge in [-0.15, -0.1) is 11.6 Å². The van der Waals surface area contributed by atoms with Crippen molar-refractivity contribution in [2.75, 3.05) is 0 Å². The molecule has 0 aromatic heterocycles. The highest BCUT2D eigenvalue weighted by Gasteiger charge is 2.28. The Bertz CT molecular complexity index is 369. The van der Waals surface area contributed by atoms with Gasteiger partial charge in [0, 0.05) is 15.4 Å². The molecule has 3 unspecified atom stereocenters. The fourth-order valence-electron chi connectivity index (χ4n) is 2.66. The molecule has 0 aliphatic heterocycles. The Morgan fingerprint density at radius 2 is 1.82 bits per heavy atom. The zero-order chi connectivity index (χ0) is 12.4. The lowest BCUT2D eigenvalue weighted by Crippen LogP contribution is -2.26. The molecule has 3 atom stereocenters. The molecule has 0 spiro atoms. The van der Waals surface area contributed by atoms with E-state index in [0.29, 0.717) is 5.92 Å². The molecule has 94 valence electrons. The molecule has 1 saturated carbocycles. The first-order chi connectivity index (χ1) is 8.08. The van der Waals surface area contributed by atoms with E-state index in [1.54, 1.807) is 0 Å². The summed E-state index contributed by atoms with van der Waals surface area (Å²) in [5.41, 5.74) is 1.06. The Morgan fingerprint density at radius 1 is 1.18 bits per heavy atom. The molecule has 17 heavy (non-hydrogen) atoms. The van der Waals surface area contributed by atoms with Gasteiger partial charge in [-0.3, -0.25) is 0 Å².